The van der Waals surface area contributed by atoms with Gasteiger partial charge >= 0.3 is 5.97 Å². The molecule has 1 heterocycles. The molecule has 132 valence electrons. The van der Waals surface area contributed by atoms with Crippen LogP contribution in [0.25, 0.3) is 10.9 Å². The molecule has 5 heteroatoms. The zero-order valence-electron chi connectivity index (χ0n) is 14.5. The number of esters is 1. The van der Waals surface area contributed by atoms with E-state index in [1.165, 1.54) is 0 Å². The number of alkyl halides is 1. The van der Waals surface area contributed by atoms with Crippen LogP contribution in [0.2, 0.25) is 0 Å². The van der Waals surface area contributed by atoms with Crippen molar-refractivity contribution in [3.05, 3.63) is 66.4 Å². The molecule has 0 saturated carbocycles. The molecule has 2 rings (SSSR count). The first-order valence-electron chi connectivity index (χ1n) is 7.92. The molecule has 1 aromatic carbocycles. The predicted octanol–water partition coefficient (Wildman–Crippen LogP) is 4.56. The van der Waals surface area contributed by atoms with Crippen LogP contribution in [0.5, 0.6) is 5.75 Å². The second kappa shape index (κ2) is 8.58. The number of hydrogen-bond donors (Lipinski definition) is 0. The monoisotopic (exact) mass is 359 g/mol. The average Bonchev–Trinajstić information content (AvgIpc) is 2.87. The average molecular weight is 360 g/mol. The van der Waals surface area contributed by atoms with E-state index in [-0.39, 0.29) is 12.6 Å². The van der Waals surface area contributed by atoms with Crippen molar-refractivity contribution in [1.82, 2.24) is 4.57 Å². The summed E-state index contributed by atoms with van der Waals surface area (Å²) in [4.78, 5) is 12.7. The molecule has 0 radical (unpaired) electrons. The second-order valence-corrected chi connectivity index (χ2v) is 5.87. The van der Waals surface area contributed by atoms with Crippen LogP contribution in [-0.2, 0) is 11.8 Å². The fourth-order valence-electron chi connectivity index (χ4n) is 2.60. The molecule has 0 saturated heterocycles. The highest BCUT2D eigenvalue weighted by molar-refractivity contribution is 6.18. The Morgan fingerprint density at radius 2 is 2.12 bits per heavy atom. The Bertz CT molecular complexity index is 833. The molecule has 0 unspecified atom stereocenters. The highest BCUT2D eigenvalue weighted by Crippen LogP contribution is 2.29. The van der Waals surface area contributed by atoms with Gasteiger partial charge in [0.25, 0.3) is 0 Å². The molecule has 0 N–H and O–H groups in total. The normalized spacial score (nSPS) is 11.4. The van der Waals surface area contributed by atoms with E-state index >= 15 is 0 Å². The first-order valence-corrected chi connectivity index (χ1v) is 8.45. The number of halogens is 1. The highest BCUT2D eigenvalue weighted by Gasteiger charge is 2.20. The lowest BCUT2D eigenvalue weighted by Crippen LogP contribution is -2.09. The van der Waals surface area contributed by atoms with Gasteiger partial charge < -0.3 is 14.0 Å². The Kier molecular flexibility index (Phi) is 6.48. The molecule has 2 aromatic rings. The maximum atomic E-state index is 12.7. The molecular formula is C20H22ClNO3. The summed E-state index contributed by atoms with van der Waals surface area (Å²) in [6, 6.07) is 5.64. The molecule has 0 aliphatic carbocycles. The van der Waals surface area contributed by atoms with Crippen molar-refractivity contribution < 1.29 is 14.3 Å². The fourth-order valence-corrected chi connectivity index (χ4v) is 2.68. The molecule has 1 aromatic heterocycles. The summed E-state index contributed by atoms with van der Waals surface area (Å²) < 4.78 is 13.0. The molecule has 4 nitrogen and oxygen atoms in total. The van der Waals surface area contributed by atoms with Crippen molar-refractivity contribution in [2.75, 3.05) is 19.1 Å². The summed E-state index contributed by atoms with van der Waals surface area (Å²) >= 11 is 5.67. The van der Waals surface area contributed by atoms with Crippen molar-refractivity contribution in [1.29, 1.82) is 0 Å². The van der Waals surface area contributed by atoms with Gasteiger partial charge in [0.05, 0.1) is 11.4 Å². The second-order valence-electron chi connectivity index (χ2n) is 5.49. The van der Waals surface area contributed by atoms with Gasteiger partial charge in [0.15, 0.2) is 0 Å². The summed E-state index contributed by atoms with van der Waals surface area (Å²) in [7, 11) is 1.92. The van der Waals surface area contributed by atoms with Crippen molar-refractivity contribution >= 4 is 28.5 Å². The van der Waals surface area contributed by atoms with Gasteiger partial charge in [0.1, 0.15) is 19.0 Å². The van der Waals surface area contributed by atoms with Crippen LogP contribution in [0.1, 0.15) is 16.1 Å². The number of aryl methyl sites for hydroxylation is 1. The van der Waals surface area contributed by atoms with Crippen LogP contribution in [0, 0.1) is 6.92 Å². The van der Waals surface area contributed by atoms with Crippen LogP contribution in [0.4, 0.5) is 0 Å². The number of nitrogens with zero attached hydrogens (tertiary/aromatic N) is 1. The number of aromatic nitrogens is 1. The van der Waals surface area contributed by atoms with Gasteiger partial charge in [-0.25, -0.2) is 4.79 Å². The molecule has 25 heavy (non-hydrogen) atoms. The van der Waals surface area contributed by atoms with E-state index in [0.29, 0.717) is 23.8 Å². The van der Waals surface area contributed by atoms with Crippen LogP contribution in [0.15, 0.2) is 55.2 Å². The summed E-state index contributed by atoms with van der Waals surface area (Å²) in [5.74, 6) is 0.696. The molecular weight excluding hydrogens is 338 g/mol. The molecule has 0 atom stereocenters. The molecule has 0 bridgehead atoms. The van der Waals surface area contributed by atoms with Crippen LogP contribution in [-0.4, -0.2) is 29.6 Å². The standard InChI is InChI=1S/C20H22ClNO3/c1-5-7-15(6-2)13-25-20(23)19-14(3)22(4)18-9-8-16(12-17(18)19)24-11-10-21/h5-9,12H,1-2,10-11,13H2,3-4H3/b15-7+. The minimum atomic E-state index is -0.380. The quantitative estimate of drug-likeness (QED) is 0.394. The van der Waals surface area contributed by atoms with Gasteiger partial charge in [-0.05, 0) is 30.7 Å². The van der Waals surface area contributed by atoms with E-state index in [2.05, 4.69) is 13.2 Å². The van der Waals surface area contributed by atoms with E-state index in [4.69, 9.17) is 21.1 Å². The first kappa shape index (κ1) is 18.9. The predicted molar refractivity (Wildman–Crippen MR) is 103 cm³/mol. The van der Waals surface area contributed by atoms with Gasteiger partial charge in [0, 0.05) is 23.6 Å². The van der Waals surface area contributed by atoms with Gasteiger partial charge in [-0.15, -0.1) is 11.6 Å². The van der Waals surface area contributed by atoms with E-state index < -0.39 is 0 Å². The minimum Gasteiger partial charge on any atom is -0.492 e. The van der Waals surface area contributed by atoms with Crippen LogP contribution in [0.3, 0.4) is 0 Å². The van der Waals surface area contributed by atoms with Crippen LogP contribution < -0.4 is 4.74 Å². The van der Waals surface area contributed by atoms with Gasteiger partial charge in [-0.2, -0.15) is 0 Å². The van der Waals surface area contributed by atoms with E-state index in [9.17, 15) is 4.79 Å². The Hall–Kier alpha value is -2.46. The van der Waals surface area contributed by atoms with Crippen molar-refractivity contribution in [2.45, 2.75) is 6.92 Å². The number of ether oxygens (including phenoxy) is 2. The van der Waals surface area contributed by atoms with Gasteiger partial charge in [-0.1, -0.05) is 31.4 Å². The Balaban J connectivity index is 2.36. The third-order valence-electron chi connectivity index (χ3n) is 3.98. The zero-order valence-corrected chi connectivity index (χ0v) is 15.3. The molecule has 0 amide bonds. The van der Waals surface area contributed by atoms with Crippen molar-refractivity contribution in [2.24, 2.45) is 7.05 Å². The Labute approximate surface area is 153 Å². The summed E-state index contributed by atoms with van der Waals surface area (Å²) in [5.41, 5.74) is 3.10. The lowest BCUT2D eigenvalue weighted by atomic mass is 10.1. The van der Waals surface area contributed by atoms with E-state index in [1.54, 1.807) is 18.2 Å². The molecule has 0 fully saturated rings. The largest absolute Gasteiger partial charge is 0.492 e. The topological polar surface area (TPSA) is 40.5 Å². The molecule has 0 aliphatic rings. The summed E-state index contributed by atoms with van der Waals surface area (Å²) in [5, 5.41) is 0.796. The molecule has 0 aliphatic heterocycles. The van der Waals surface area contributed by atoms with E-state index in [1.807, 2.05) is 36.7 Å². The number of hydrogen-bond acceptors (Lipinski definition) is 3. The number of fused-ring (bicyclic) bond motifs is 1. The zero-order chi connectivity index (χ0) is 18.4. The lowest BCUT2D eigenvalue weighted by Gasteiger charge is -2.07. The highest BCUT2D eigenvalue weighted by atomic mass is 35.5. The first-order chi connectivity index (χ1) is 12.0. The van der Waals surface area contributed by atoms with E-state index in [0.717, 1.165) is 22.2 Å². The summed E-state index contributed by atoms with van der Waals surface area (Å²) in [6.07, 6.45) is 5.03. The van der Waals surface area contributed by atoms with Crippen molar-refractivity contribution in [3.8, 4) is 5.75 Å². The van der Waals surface area contributed by atoms with Crippen molar-refractivity contribution in [3.63, 3.8) is 0 Å². The Morgan fingerprint density at radius 3 is 2.76 bits per heavy atom. The maximum absolute atomic E-state index is 12.7. The Morgan fingerprint density at radius 1 is 1.36 bits per heavy atom. The third kappa shape index (κ3) is 4.15. The van der Waals surface area contributed by atoms with Gasteiger partial charge in [-0.3, -0.25) is 0 Å². The number of rotatable bonds is 8. The molecule has 0 spiro atoms. The number of carbonyl (C=O) groups excluding carboxylic acids is 1. The smallest absolute Gasteiger partial charge is 0.340 e. The minimum absolute atomic E-state index is 0.145. The lowest BCUT2D eigenvalue weighted by molar-refractivity contribution is 0.0544. The summed E-state index contributed by atoms with van der Waals surface area (Å²) in [6.45, 7) is 9.79. The SMILES string of the molecule is C=C/C=C(\C=C)COC(=O)c1c(C)n(C)c2ccc(OCCCl)cc12. The maximum Gasteiger partial charge on any atom is 0.340 e. The number of benzene rings is 1. The third-order valence-corrected chi connectivity index (χ3v) is 4.13. The van der Waals surface area contributed by atoms with Crippen LogP contribution >= 0.6 is 11.6 Å². The fraction of sp³-hybridized carbons (Fsp3) is 0.250. The number of carbonyl (C=O) groups is 1. The number of allylic oxidation sites excluding steroid dienone is 2. The van der Waals surface area contributed by atoms with Gasteiger partial charge in [0.2, 0.25) is 0 Å².